The SMILES string of the molecule is CC[C@H](C)[C@@H](CN(CC)CC)NC(=O)OC12CC3CC(CC(C3)C1)C2. The number of alkyl carbamates (subject to hydrolysis) is 1. The minimum absolute atomic E-state index is 0.145. The predicted molar refractivity (Wildman–Crippen MR) is 102 cm³/mol. The Bertz CT molecular complexity index is 426. The molecule has 4 rings (SSSR count). The van der Waals surface area contributed by atoms with Crippen LogP contribution in [-0.4, -0.2) is 42.3 Å². The maximum absolute atomic E-state index is 12.8. The first kappa shape index (κ1) is 19.0. The Kier molecular flexibility index (Phi) is 5.97. The molecule has 4 bridgehead atoms. The minimum Gasteiger partial charge on any atom is -0.443 e. The van der Waals surface area contributed by atoms with Gasteiger partial charge >= 0.3 is 6.09 Å². The van der Waals surface area contributed by atoms with Crippen molar-refractivity contribution in [1.82, 2.24) is 10.2 Å². The van der Waals surface area contributed by atoms with Gasteiger partial charge in [0.15, 0.2) is 0 Å². The summed E-state index contributed by atoms with van der Waals surface area (Å²) in [7, 11) is 0. The van der Waals surface area contributed by atoms with Gasteiger partial charge in [-0.05, 0) is 75.3 Å². The Labute approximate surface area is 154 Å². The highest BCUT2D eigenvalue weighted by Crippen LogP contribution is 2.57. The molecule has 4 saturated carbocycles. The second-order valence-electron chi connectivity index (χ2n) is 9.11. The van der Waals surface area contributed by atoms with Crippen LogP contribution in [0.15, 0.2) is 0 Å². The molecule has 4 nitrogen and oxygen atoms in total. The van der Waals surface area contributed by atoms with Gasteiger partial charge in [0.25, 0.3) is 0 Å². The third-order valence-electron chi connectivity index (χ3n) is 7.27. The van der Waals surface area contributed by atoms with Gasteiger partial charge in [-0.15, -0.1) is 0 Å². The van der Waals surface area contributed by atoms with E-state index in [9.17, 15) is 4.79 Å². The smallest absolute Gasteiger partial charge is 0.407 e. The van der Waals surface area contributed by atoms with Gasteiger partial charge in [-0.3, -0.25) is 0 Å². The van der Waals surface area contributed by atoms with Crippen LogP contribution < -0.4 is 5.32 Å². The highest BCUT2D eigenvalue weighted by molar-refractivity contribution is 5.68. The number of nitrogens with one attached hydrogen (secondary N) is 1. The van der Waals surface area contributed by atoms with Crippen molar-refractivity contribution < 1.29 is 9.53 Å². The van der Waals surface area contributed by atoms with E-state index in [1.165, 1.54) is 19.3 Å². The van der Waals surface area contributed by atoms with Crippen LogP contribution >= 0.6 is 0 Å². The Morgan fingerprint density at radius 1 is 1.08 bits per heavy atom. The Balaban J connectivity index is 1.59. The molecule has 1 amide bonds. The van der Waals surface area contributed by atoms with Crippen molar-refractivity contribution in [1.29, 1.82) is 0 Å². The van der Waals surface area contributed by atoms with Gasteiger partial charge < -0.3 is 15.0 Å². The number of carbonyl (C=O) groups excluding carboxylic acids is 1. The fraction of sp³-hybridized carbons (Fsp3) is 0.952. The lowest BCUT2D eigenvalue weighted by atomic mass is 9.54. The molecule has 4 aliphatic carbocycles. The van der Waals surface area contributed by atoms with Crippen molar-refractivity contribution in [3.63, 3.8) is 0 Å². The van der Waals surface area contributed by atoms with E-state index >= 15 is 0 Å². The molecule has 25 heavy (non-hydrogen) atoms. The molecule has 0 aliphatic heterocycles. The molecule has 4 aliphatic rings. The lowest BCUT2D eigenvalue weighted by Gasteiger charge is -2.55. The van der Waals surface area contributed by atoms with E-state index < -0.39 is 0 Å². The molecule has 0 aromatic rings. The molecule has 0 heterocycles. The number of amides is 1. The number of likely N-dealkylation sites (N-methyl/N-ethyl adjacent to an activating group) is 1. The molecule has 0 unspecified atom stereocenters. The molecular weight excluding hydrogens is 312 g/mol. The topological polar surface area (TPSA) is 41.6 Å². The van der Waals surface area contributed by atoms with Gasteiger partial charge in [0.2, 0.25) is 0 Å². The monoisotopic (exact) mass is 350 g/mol. The van der Waals surface area contributed by atoms with Crippen LogP contribution in [0.5, 0.6) is 0 Å². The third-order valence-corrected chi connectivity index (χ3v) is 7.27. The molecule has 1 N–H and O–H groups in total. The first-order valence-electron chi connectivity index (χ1n) is 10.7. The number of nitrogens with zero attached hydrogens (tertiary/aromatic N) is 1. The van der Waals surface area contributed by atoms with E-state index in [-0.39, 0.29) is 17.7 Å². The number of hydrogen-bond donors (Lipinski definition) is 1. The molecule has 2 atom stereocenters. The van der Waals surface area contributed by atoms with Gasteiger partial charge in [-0.2, -0.15) is 0 Å². The van der Waals surface area contributed by atoms with Crippen molar-refractivity contribution in [2.24, 2.45) is 23.7 Å². The van der Waals surface area contributed by atoms with E-state index in [2.05, 4.69) is 37.9 Å². The Hall–Kier alpha value is -0.770. The van der Waals surface area contributed by atoms with Crippen LogP contribution in [0.3, 0.4) is 0 Å². The van der Waals surface area contributed by atoms with Crippen molar-refractivity contribution in [3.8, 4) is 0 Å². The summed E-state index contributed by atoms with van der Waals surface area (Å²) >= 11 is 0. The van der Waals surface area contributed by atoms with Crippen molar-refractivity contribution in [3.05, 3.63) is 0 Å². The van der Waals surface area contributed by atoms with Crippen molar-refractivity contribution in [2.75, 3.05) is 19.6 Å². The molecule has 4 fully saturated rings. The molecule has 144 valence electrons. The zero-order chi connectivity index (χ0) is 18.0. The predicted octanol–water partition coefficient (Wildman–Crippen LogP) is 4.44. The molecule has 4 heteroatoms. The van der Waals surface area contributed by atoms with Gasteiger partial charge in [0.1, 0.15) is 5.60 Å². The second-order valence-corrected chi connectivity index (χ2v) is 9.11. The van der Waals surface area contributed by atoms with Crippen LogP contribution in [0.1, 0.15) is 72.6 Å². The van der Waals surface area contributed by atoms with Gasteiger partial charge in [-0.1, -0.05) is 34.1 Å². The van der Waals surface area contributed by atoms with Crippen LogP contribution in [0.25, 0.3) is 0 Å². The molecule has 0 radical (unpaired) electrons. The largest absolute Gasteiger partial charge is 0.443 e. The average Bonchev–Trinajstić information content (AvgIpc) is 2.56. The second kappa shape index (κ2) is 7.85. The summed E-state index contributed by atoms with van der Waals surface area (Å²) in [5.41, 5.74) is -0.145. The van der Waals surface area contributed by atoms with Gasteiger partial charge in [-0.25, -0.2) is 4.79 Å². The molecule has 0 aromatic heterocycles. The minimum atomic E-state index is -0.167. The Morgan fingerprint density at radius 2 is 1.60 bits per heavy atom. The Morgan fingerprint density at radius 3 is 2.04 bits per heavy atom. The molecular formula is C21H38N2O2. The third kappa shape index (κ3) is 4.32. The van der Waals surface area contributed by atoms with Crippen LogP contribution in [0.4, 0.5) is 4.79 Å². The normalized spacial score (nSPS) is 35.6. The van der Waals surface area contributed by atoms with E-state index in [0.29, 0.717) is 5.92 Å². The quantitative estimate of drug-likeness (QED) is 0.704. The molecule has 0 saturated heterocycles. The molecule has 0 spiro atoms. The summed E-state index contributed by atoms with van der Waals surface area (Å²) < 4.78 is 6.16. The van der Waals surface area contributed by atoms with Gasteiger partial charge in [0.05, 0.1) is 0 Å². The van der Waals surface area contributed by atoms with Crippen LogP contribution in [0.2, 0.25) is 0 Å². The highest BCUT2D eigenvalue weighted by Gasteiger charge is 2.53. The zero-order valence-electron chi connectivity index (χ0n) is 16.7. The summed E-state index contributed by atoms with van der Waals surface area (Å²) in [4.78, 5) is 15.2. The number of ether oxygens (including phenoxy) is 1. The van der Waals surface area contributed by atoms with Crippen LogP contribution in [-0.2, 0) is 4.74 Å². The van der Waals surface area contributed by atoms with E-state index in [0.717, 1.165) is 63.1 Å². The standard InChI is InChI=1S/C21H38N2O2/c1-5-15(4)19(14-23(6-2)7-3)22-20(24)25-21-11-16-8-17(12-21)10-18(9-16)13-21/h15-19H,5-14H2,1-4H3,(H,22,24)/t15-,16?,17?,18?,19+,21?/m0/s1. The zero-order valence-corrected chi connectivity index (χ0v) is 16.7. The number of hydrogen-bond acceptors (Lipinski definition) is 3. The fourth-order valence-corrected chi connectivity index (χ4v) is 5.95. The van der Waals surface area contributed by atoms with Crippen molar-refractivity contribution >= 4 is 6.09 Å². The summed E-state index contributed by atoms with van der Waals surface area (Å²) in [6, 6.07) is 0.173. The van der Waals surface area contributed by atoms with E-state index in [1.807, 2.05) is 0 Å². The first-order chi connectivity index (χ1) is 12.0. The average molecular weight is 351 g/mol. The lowest BCUT2D eigenvalue weighted by molar-refractivity contribution is -0.128. The van der Waals surface area contributed by atoms with Crippen LogP contribution in [0, 0.1) is 23.7 Å². The summed E-state index contributed by atoms with van der Waals surface area (Å²) in [5.74, 6) is 2.88. The summed E-state index contributed by atoms with van der Waals surface area (Å²) in [6.45, 7) is 11.8. The van der Waals surface area contributed by atoms with Crippen molar-refractivity contribution in [2.45, 2.75) is 84.3 Å². The summed E-state index contributed by atoms with van der Waals surface area (Å²) in [6.07, 6.45) is 8.36. The number of carbonyl (C=O) groups is 1. The molecule has 0 aromatic carbocycles. The maximum atomic E-state index is 12.8. The fourth-order valence-electron chi connectivity index (χ4n) is 5.95. The lowest BCUT2D eigenvalue weighted by Crippen LogP contribution is -2.55. The number of rotatable bonds is 8. The highest BCUT2D eigenvalue weighted by atomic mass is 16.6. The summed E-state index contributed by atoms with van der Waals surface area (Å²) in [5, 5.41) is 3.24. The maximum Gasteiger partial charge on any atom is 0.407 e. The van der Waals surface area contributed by atoms with E-state index in [4.69, 9.17) is 4.74 Å². The van der Waals surface area contributed by atoms with Gasteiger partial charge in [0, 0.05) is 12.6 Å². The van der Waals surface area contributed by atoms with E-state index in [1.54, 1.807) is 0 Å². The first-order valence-corrected chi connectivity index (χ1v) is 10.7.